The largest absolute Gasteiger partial charge is 0.491 e. The van der Waals surface area contributed by atoms with E-state index >= 15 is 0 Å². The highest BCUT2D eigenvalue weighted by Crippen LogP contribution is 2.32. The average molecular weight is 291 g/mol. The molecule has 0 fully saturated rings. The van der Waals surface area contributed by atoms with Gasteiger partial charge in [-0.3, -0.25) is 0 Å². The molecule has 0 aliphatic heterocycles. The van der Waals surface area contributed by atoms with Crippen LogP contribution >= 0.6 is 0 Å². The summed E-state index contributed by atoms with van der Waals surface area (Å²) in [6.45, 7) is 3.82. The molecule has 0 saturated heterocycles. The van der Waals surface area contributed by atoms with E-state index in [0.717, 1.165) is 0 Å². The minimum Gasteiger partial charge on any atom is -0.491 e. The van der Waals surface area contributed by atoms with Gasteiger partial charge in [0, 0.05) is 11.1 Å². The van der Waals surface area contributed by atoms with Gasteiger partial charge in [-0.2, -0.15) is 0 Å². The second-order valence-corrected chi connectivity index (χ2v) is 5.06. The molecular weight excluding hydrogens is 272 g/mol. The van der Waals surface area contributed by atoms with E-state index < -0.39 is 17.7 Å². The Hall–Kier alpha value is -1.94. The van der Waals surface area contributed by atoms with Crippen LogP contribution in [0.2, 0.25) is 0 Å². The third-order valence-electron chi connectivity index (χ3n) is 3.17. The van der Waals surface area contributed by atoms with Crippen molar-refractivity contribution in [3.8, 4) is 5.75 Å². The van der Waals surface area contributed by atoms with Crippen LogP contribution in [0.1, 0.15) is 31.0 Å². The first-order valence-corrected chi connectivity index (χ1v) is 6.91. The lowest BCUT2D eigenvalue weighted by Crippen LogP contribution is -2.22. The Bertz CT molecular complexity index is 593. The fourth-order valence-electron chi connectivity index (χ4n) is 2.32. The van der Waals surface area contributed by atoms with Crippen molar-refractivity contribution in [3.05, 3.63) is 65.2 Å². The molecule has 21 heavy (non-hydrogen) atoms. The van der Waals surface area contributed by atoms with Crippen molar-refractivity contribution in [3.63, 3.8) is 0 Å². The maximum atomic E-state index is 14.0. The monoisotopic (exact) mass is 291 g/mol. The Labute approximate surface area is 123 Å². The van der Waals surface area contributed by atoms with Gasteiger partial charge in [0.25, 0.3) is 0 Å². The molecule has 1 atom stereocenters. The van der Waals surface area contributed by atoms with Gasteiger partial charge in [0.1, 0.15) is 17.4 Å². The Morgan fingerprint density at radius 1 is 0.952 bits per heavy atom. The number of hydrogen-bond acceptors (Lipinski definition) is 2. The molecule has 0 aliphatic rings. The number of ether oxygens (including phenoxy) is 1. The molecule has 2 nitrogen and oxygen atoms in total. The Kier molecular flexibility index (Phi) is 4.91. The van der Waals surface area contributed by atoms with Crippen LogP contribution in [0.15, 0.2) is 42.5 Å². The molecule has 0 bridgehead atoms. The summed E-state index contributed by atoms with van der Waals surface area (Å²) < 4.78 is 33.8. The highest BCUT2D eigenvalue weighted by Gasteiger charge is 2.23. The summed E-state index contributed by atoms with van der Waals surface area (Å²) in [6.07, 6.45) is -0.0193. The number of hydrogen-bond donors (Lipinski definition) is 1. The predicted molar refractivity (Wildman–Crippen MR) is 79.5 cm³/mol. The molecule has 0 aromatic heterocycles. The second kappa shape index (κ2) is 6.68. The highest BCUT2D eigenvalue weighted by molar-refractivity contribution is 5.42. The van der Waals surface area contributed by atoms with Crippen LogP contribution < -0.4 is 10.1 Å². The van der Waals surface area contributed by atoms with Crippen LogP contribution in [0.4, 0.5) is 8.78 Å². The third-order valence-corrected chi connectivity index (χ3v) is 3.17. The van der Waals surface area contributed by atoms with Gasteiger partial charge in [0.2, 0.25) is 0 Å². The zero-order valence-corrected chi connectivity index (χ0v) is 12.4. The van der Waals surface area contributed by atoms with Crippen molar-refractivity contribution < 1.29 is 13.5 Å². The first kappa shape index (κ1) is 15.4. The van der Waals surface area contributed by atoms with Gasteiger partial charge in [0.05, 0.1) is 12.1 Å². The summed E-state index contributed by atoms with van der Waals surface area (Å²) in [7, 11) is 1.67. The number of nitrogens with one attached hydrogen (secondary N) is 1. The van der Waals surface area contributed by atoms with Gasteiger partial charge in [-0.15, -0.1) is 0 Å². The van der Waals surface area contributed by atoms with E-state index in [9.17, 15) is 8.78 Å². The molecular formula is C17H19F2NO. The molecule has 0 radical (unpaired) electrons. The molecule has 2 rings (SSSR count). The first-order valence-electron chi connectivity index (χ1n) is 6.91. The zero-order chi connectivity index (χ0) is 15.4. The van der Waals surface area contributed by atoms with Crippen molar-refractivity contribution in [2.24, 2.45) is 0 Å². The fourth-order valence-corrected chi connectivity index (χ4v) is 2.32. The number of halogens is 2. The molecule has 4 heteroatoms. The van der Waals surface area contributed by atoms with Crippen LogP contribution in [0.3, 0.4) is 0 Å². The normalized spacial score (nSPS) is 12.5. The zero-order valence-electron chi connectivity index (χ0n) is 12.4. The van der Waals surface area contributed by atoms with E-state index in [1.807, 2.05) is 32.0 Å². The topological polar surface area (TPSA) is 21.3 Å². The lowest BCUT2D eigenvalue weighted by molar-refractivity contribution is 0.238. The van der Waals surface area contributed by atoms with Gasteiger partial charge >= 0.3 is 0 Å². The fraction of sp³-hybridized carbons (Fsp3) is 0.294. The third kappa shape index (κ3) is 3.39. The molecule has 0 heterocycles. The van der Waals surface area contributed by atoms with Gasteiger partial charge in [0.15, 0.2) is 0 Å². The van der Waals surface area contributed by atoms with Crippen LogP contribution in [0.5, 0.6) is 5.75 Å². The molecule has 2 aromatic carbocycles. The van der Waals surface area contributed by atoms with Crippen molar-refractivity contribution >= 4 is 0 Å². The quantitative estimate of drug-likeness (QED) is 0.897. The number of benzene rings is 2. The van der Waals surface area contributed by atoms with Crippen molar-refractivity contribution in [2.75, 3.05) is 7.05 Å². The van der Waals surface area contributed by atoms with Crippen molar-refractivity contribution in [1.82, 2.24) is 5.32 Å². The van der Waals surface area contributed by atoms with Gasteiger partial charge in [-0.25, -0.2) is 8.78 Å². The molecule has 2 aromatic rings. The lowest BCUT2D eigenvalue weighted by atomic mass is 9.97. The van der Waals surface area contributed by atoms with Gasteiger partial charge < -0.3 is 10.1 Å². The summed E-state index contributed by atoms with van der Waals surface area (Å²) in [4.78, 5) is 0. The molecule has 1 N–H and O–H groups in total. The summed E-state index contributed by atoms with van der Waals surface area (Å²) >= 11 is 0. The minimum absolute atomic E-state index is 0.000180. The second-order valence-electron chi connectivity index (χ2n) is 5.06. The van der Waals surface area contributed by atoms with Crippen LogP contribution in [0.25, 0.3) is 0 Å². The van der Waals surface area contributed by atoms with E-state index in [0.29, 0.717) is 11.3 Å². The summed E-state index contributed by atoms with van der Waals surface area (Å²) in [6, 6.07) is 10.5. The minimum atomic E-state index is -0.610. The van der Waals surface area contributed by atoms with E-state index in [-0.39, 0.29) is 11.7 Å². The molecule has 0 saturated carbocycles. The molecule has 1 unspecified atom stereocenters. The van der Waals surface area contributed by atoms with Gasteiger partial charge in [-0.1, -0.05) is 24.3 Å². The van der Waals surface area contributed by atoms with Crippen molar-refractivity contribution in [2.45, 2.75) is 26.0 Å². The van der Waals surface area contributed by atoms with E-state index in [1.54, 1.807) is 13.1 Å². The molecule has 0 amide bonds. The highest BCUT2D eigenvalue weighted by atomic mass is 19.1. The van der Waals surface area contributed by atoms with Crippen molar-refractivity contribution in [1.29, 1.82) is 0 Å². The smallest absolute Gasteiger partial charge is 0.131 e. The maximum Gasteiger partial charge on any atom is 0.131 e. The Morgan fingerprint density at radius 3 is 2.14 bits per heavy atom. The SMILES string of the molecule is CNC(c1ccccc1OC(C)C)c1c(F)cccc1F. The van der Waals surface area contributed by atoms with Crippen LogP contribution in [-0.4, -0.2) is 13.2 Å². The summed E-state index contributed by atoms with van der Waals surface area (Å²) in [5.41, 5.74) is 0.706. The summed E-state index contributed by atoms with van der Waals surface area (Å²) in [5.74, 6) is -0.531. The Balaban J connectivity index is 2.52. The number of para-hydroxylation sites is 1. The van der Waals surface area contributed by atoms with E-state index in [2.05, 4.69) is 5.32 Å². The lowest BCUT2D eigenvalue weighted by Gasteiger charge is -2.22. The summed E-state index contributed by atoms with van der Waals surface area (Å²) in [5, 5.41) is 2.97. The maximum absolute atomic E-state index is 14.0. The molecule has 112 valence electrons. The Morgan fingerprint density at radius 2 is 1.57 bits per heavy atom. The average Bonchev–Trinajstić information content (AvgIpc) is 2.43. The van der Waals surface area contributed by atoms with Gasteiger partial charge in [-0.05, 0) is 39.1 Å². The van der Waals surface area contributed by atoms with Crippen LogP contribution in [-0.2, 0) is 0 Å². The van der Waals surface area contributed by atoms with E-state index in [1.165, 1.54) is 18.2 Å². The number of rotatable bonds is 5. The standard InChI is InChI=1S/C17H19F2NO/c1-11(2)21-15-10-5-4-7-12(15)17(20-3)16-13(18)8-6-9-14(16)19/h4-11,17,20H,1-3H3. The molecule has 0 aliphatic carbocycles. The predicted octanol–water partition coefficient (Wildman–Crippen LogP) is 4.06. The van der Waals surface area contributed by atoms with E-state index in [4.69, 9.17) is 4.74 Å². The molecule has 0 spiro atoms. The van der Waals surface area contributed by atoms with Crippen LogP contribution in [0, 0.1) is 11.6 Å². The first-order chi connectivity index (χ1) is 10.0.